The van der Waals surface area contributed by atoms with Gasteiger partial charge in [0, 0.05) is 22.4 Å². The zero-order valence-electron chi connectivity index (χ0n) is 15.0. The van der Waals surface area contributed by atoms with Crippen molar-refractivity contribution < 1.29 is 9.53 Å². The van der Waals surface area contributed by atoms with Gasteiger partial charge in [-0.25, -0.2) is 0 Å². The molecular formula is C24H19BrO2. The number of ether oxygens (including phenoxy) is 1. The van der Waals surface area contributed by atoms with E-state index in [9.17, 15) is 4.79 Å². The van der Waals surface area contributed by atoms with Gasteiger partial charge in [0.2, 0.25) is 0 Å². The van der Waals surface area contributed by atoms with Crippen molar-refractivity contribution in [2.45, 2.75) is 12.3 Å². The van der Waals surface area contributed by atoms with Crippen molar-refractivity contribution in [1.82, 2.24) is 0 Å². The summed E-state index contributed by atoms with van der Waals surface area (Å²) in [5.41, 5.74) is 5.43. The predicted octanol–water partition coefficient (Wildman–Crippen LogP) is 6.26. The first-order valence-electron chi connectivity index (χ1n) is 8.90. The Labute approximate surface area is 167 Å². The van der Waals surface area contributed by atoms with Crippen molar-refractivity contribution in [2.75, 3.05) is 7.11 Å². The van der Waals surface area contributed by atoms with Gasteiger partial charge in [-0.3, -0.25) is 4.79 Å². The van der Waals surface area contributed by atoms with Gasteiger partial charge in [0.1, 0.15) is 5.75 Å². The number of halogens is 1. The quantitative estimate of drug-likeness (QED) is 0.457. The number of carbonyl (C=O) groups is 1. The van der Waals surface area contributed by atoms with E-state index in [1.165, 1.54) is 16.7 Å². The number of methoxy groups -OCH3 is 1. The summed E-state index contributed by atoms with van der Waals surface area (Å²) in [6.45, 7) is 0. The van der Waals surface area contributed by atoms with Gasteiger partial charge in [-0.05, 0) is 40.5 Å². The highest BCUT2D eigenvalue weighted by atomic mass is 79.9. The second-order valence-electron chi connectivity index (χ2n) is 6.61. The molecule has 134 valence electrons. The van der Waals surface area contributed by atoms with Crippen LogP contribution in [0.3, 0.4) is 0 Å². The average molecular weight is 419 g/mol. The van der Waals surface area contributed by atoms with E-state index in [0.717, 1.165) is 10.0 Å². The van der Waals surface area contributed by atoms with Crippen LogP contribution in [0.2, 0.25) is 0 Å². The summed E-state index contributed by atoms with van der Waals surface area (Å²) < 4.78 is 6.31. The first-order valence-corrected chi connectivity index (χ1v) is 9.70. The van der Waals surface area contributed by atoms with Gasteiger partial charge in [0.15, 0.2) is 5.78 Å². The van der Waals surface area contributed by atoms with Gasteiger partial charge < -0.3 is 4.74 Å². The Bertz CT molecular complexity index is 1040. The molecule has 0 saturated carbocycles. The molecule has 0 N–H and O–H groups in total. The zero-order chi connectivity index (χ0) is 18.8. The molecule has 0 radical (unpaired) electrons. The van der Waals surface area contributed by atoms with E-state index in [1.54, 1.807) is 7.11 Å². The zero-order valence-corrected chi connectivity index (χ0v) is 16.6. The van der Waals surface area contributed by atoms with Gasteiger partial charge in [-0.2, -0.15) is 0 Å². The monoisotopic (exact) mass is 418 g/mol. The third kappa shape index (κ3) is 3.47. The number of hydrogen-bond acceptors (Lipinski definition) is 2. The second-order valence-corrected chi connectivity index (χ2v) is 7.47. The summed E-state index contributed by atoms with van der Waals surface area (Å²) in [6.07, 6.45) is 2.67. The average Bonchev–Trinajstić information content (AvgIpc) is 3.07. The number of ketones is 1. The van der Waals surface area contributed by atoms with E-state index in [2.05, 4.69) is 46.3 Å². The molecule has 1 aliphatic carbocycles. The third-order valence-electron chi connectivity index (χ3n) is 4.98. The fourth-order valence-corrected chi connectivity index (χ4v) is 4.14. The SMILES string of the molecule is COc1cccc(C(=O)C[C@H]2C=C(c3ccccc3Br)c3ccccc32)c1. The third-order valence-corrected chi connectivity index (χ3v) is 5.67. The summed E-state index contributed by atoms with van der Waals surface area (Å²) in [7, 11) is 1.61. The van der Waals surface area contributed by atoms with E-state index < -0.39 is 0 Å². The normalized spacial score (nSPS) is 15.2. The van der Waals surface area contributed by atoms with E-state index >= 15 is 0 Å². The molecule has 0 aromatic heterocycles. The van der Waals surface area contributed by atoms with Gasteiger partial charge in [-0.15, -0.1) is 0 Å². The lowest BCUT2D eigenvalue weighted by atomic mass is 9.93. The first kappa shape index (κ1) is 17.7. The molecule has 0 amide bonds. The molecule has 0 aliphatic heterocycles. The smallest absolute Gasteiger partial charge is 0.163 e. The van der Waals surface area contributed by atoms with Crippen LogP contribution >= 0.6 is 15.9 Å². The highest BCUT2D eigenvalue weighted by Crippen LogP contribution is 2.43. The van der Waals surface area contributed by atoms with Crippen LogP contribution in [0.25, 0.3) is 5.57 Å². The fraction of sp³-hybridized carbons (Fsp3) is 0.125. The number of carbonyl (C=O) groups excluding carboxylic acids is 1. The maximum Gasteiger partial charge on any atom is 0.163 e. The number of fused-ring (bicyclic) bond motifs is 1. The van der Waals surface area contributed by atoms with Crippen LogP contribution in [0.5, 0.6) is 5.75 Å². The van der Waals surface area contributed by atoms with Crippen molar-refractivity contribution in [3.8, 4) is 5.75 Å². The maximum absolute atomic E-state index is 12.9. The molecule has 0 bridgehead atoms. The summed E-state index contributed by atoms with van der Waals surface area (Å²) in [4.78, 5) is 12.9. The highest BCUT2D eigenvalue weighted by Gasteiger charge is 2.26. The largest absolute Gasteiger partial charge is 0.497 e. The Hall–Kier alpha value is -2.65. The number of allylic oxidation sites excluding steroid dienone is 1. The van der Waals surface area contributed by atoms with Crippen molar-refractivity contribution in [1.29, 1.82) is 0 Å². The lowest BCUT2D eigenvalue weighted by molar-refractivity contribution is 0.0978. The Morgan fingerprint density at radius 2 is 1.70 bits per heavy atom. The summed E-state index contributed by atoms with van der Waals surface area (Å²) in [5.74, 6) is 0.900. The van der Waals surface area contributed by atoms with Crippen molar-refractivity contribution >= 4 is 27.3 Å². The molecule has 0 saturated heterocycles. The van der Waals surface area contributed by atoms with Crippen LogP contribution in [0, 0.1) is 0 Å². The molecule has 4 rings (SSSR count). The van der Waals surface area contributed by atoms with Crippen molar-refractivity contribution in [3.63, 3.8) is 0 Å². The first-order chi connectivity index (χ1) is 13.2. The summed E-state index contributed by atoms with van der Waals surface area (Å²) in [5, 5.41) is 0. The van der Waals surface area contributed by atoms with Crippen LogP contribution in [0.4, 0.5) is 0 Å². The van der Waals surface area contributed by atoms with Crippen LogP contribution in [-0.2, 0) is 0 Å². The Balaban J connectivity index is 1.68. The molecule has 1 atom stereocenters. The molecule has 0 fully saturated rings. The molecule has 0 unspecified atom stereocenters. The van der Waals surface area contributed by atoms with Crippen LogP contribution < -0.4 is 4.74 Å². The van der Waals surface area contributed by atoms with E-state index in [1.807, 2.05) is 48.5 Å². The molecule has 3 aromatic rings. The second kappa shape index (κ2) is 7.53. The maximum atomic E-state index is 12.9. The molecule has 27 heavy (non-hydrogen) atoms. The summed E-state index contributed by atoms with van der Waals surface area (Å²) >= 11 is 3.66. The van der Waals surface area contributed by atoms with Gasteiger partial charge in [-0.1, -0.05) is 76.6 Å². The van der Waals surface area contributed by atoms with Crippen LogP contribution in [-0.4, -0.2) is 12.9 Å². The van der Waals surface area contributed by atoms with Crippen LogP contribution in [0.1, 0.15) is 39.4 Å². The van der Waals surface area contributed by atoms with Gasteiger partial charge in [0.05, 0.1) is 7.11 Å². The molecular weight excluding hydrogens is 400 g/mol. The topological polar surface area (TPSA) is 26.3 Å². The summed E-state index contributed by atoms with van der Waals surface area (Å²) in [6, 6.07) is 23.9. The van der Waals surface area contributed by atoms with Crippen LogP contribution in [0.15, 0.2) is 83.3 Å². The Morgan fingerprint density at radius 1 is 0.963 bits per heavy atom. The van der Waals surface area contributed by atoms with E-state index in [0.29, 0.717) is 17.7 Å². The standard InChI is InChI=1S/C24H19BrO2/c1-27-18-8-6-7-16(13-18)24(26)15-17-14-22(20-10-3-2-9-19(17)20)21-11-4-5-12-23(21)25/h2-14,17H,15H2,1H3/t17-/m1/s1. The van der Waals surface area contributed by atoms with E-state index in [4.69, 9.17) is 4.74 Å². The minimum Gasteiger partial charge on any atom is -0.497 e. The van der Waals surface area contributed by atoms with Gasteiger partial charge in [0.25, 0.3) is 0 Å². The lowest BCUT2D eigenvalue weighted by Gasteiger charge is -2.11. The fourth-order valence-electron chi connectivity index (χ4n) is 3.64. The highest BCUT2D eigenvalue weighted by molar-refractivity contribution is 9.10. The number of Topliss-reactive ketones (excluding diaryl/α,β-unsaturated/α-hetero) is 1. The predicted molar refractivity (Wildman–Crippen MR) is 112 cm³/mol. The molecule has 1 aliphatic rings. The van der Waals surface area contributed by atoms with E-state index in [-0.39, 0.29) is 11.7 Å². The molecule has 3 heteroatoms. The number of hydrogen-bond donors (Lipinski definition) is 0. The minimum atomic E-state index is 0.0713. The molecule has 2 nitrogen and oxygen atoms in total. The minimum absolute atomic E-state index is 0.0713. The molecule has 3 aromatic carbocycles. The lowest BCUT2D eigenvalue weighted by Crippen LogP contribution is -2.05. The van der Waals surface area contributed by atoms with Crippen molar-refractivity contribution in [2.24, 2.45) is 0 Å². The Morgan fingerprint density at radius 3 is 2.48 bits per heavy atom. The molecule has 0 heterocycles. The number of benzene rings is 3. The number of rotatable bonds is 5. The molecule has 0 spiro atoms. The van der Waals surface area contributed by atoms with Gasteiger partial charge >= 0.3 is 0 Å². The van der Waals surface area contributed by atoms with Crippen molar-refractivity contribution in [3.05, 3.63) is 106 Å². The Kier molecular flexibility index (Phi) is 4.95.